The molecule has 5 heteroatoms. The molecule has 4 nitrogen and oxygen atoms in total. The van der Waals surface area contributed by atoms with E-state index in [4.69, 9.17) is 0 Å². The maximum absolute atomic E-state index is 11.4. The van der Waals surface area contributed by atoms with Crippen molar-refractivity contribution in [3.8, 4) is 11.3 Å². The molecule has 0 fully saturated rings. The van der Waals surface area contributed by atoms with Crippen molar-refractivity contribution < 1.29 is 9.90 Å². The molecule has 1 heterocycles. The van der Waals surface area contributed by atoms with Crippen LogP contribution in [-0.4, -0.2) is 21.0 Å². The summed E-state index contributed by atoms with van der Waals surface area (Å²) in [6.45, 7) is 2.01. The lowest BCUT2D eigenvalue weighted by molar-refractivity contribution is 0.0689. The van der Waals surface area contributed by atoms with Gasteiger partial charge in [0, 0.05) is 11.3 Å². The molecule has 1 N–H and O–H groups in total. The molecule has 0 atom stereocenters. The highest BCUT2D eigenvalue weighted by molar-refractivity contribution is 7.98. The molecule has 0 aliphatic heterocycles. The predicted molar refractivity (Wildman–Crippen MR) is 95.2 cm³/mol. The first-order chi connectivity index (χ1) is 11.6. The van der Waals surface area contributed by atoms with Crippen molar-refractivity contribution in [1.82, 2.24) is 9.97 Å². The van der Waals surface area contributed by atoms with Crippen LogP contribution in [0.25, 0.3) is 11.3 Å². The van der Waals surface area contributed by atoms with E-state index in [1.807, 2.05) is 61.5 Å². The monoisotopic (exact) mass is 336 g/mol. The molecule has 0 aliphatic carbocycles. The van der Waals surface area contributed by atoms with Crippen LogP contribution < -0.4 is 0 Å². The number of carbonyl (C=O) groups is 1. The van der Waals surface area contributed by atoms with Crippen LogP contribution in [0.15, 0.2) is 65.8 Å². The zero-order valence-electron chi connectivity index (χ0n) is 13.1. The minimum atomic E-state index is -1.05. The molecule has 0 saturated heterocycles. The van der Waals surface area contributed by atoms with Crippen molar-refractivity contribution in [3.05, 3.63) is 77.5 Å². The van der Waals surface area contributed by atoms with Crippen LogP contribution in [0.3, 0.4) is 0 Å². The quantitative estimate of drug-likeness (QED) is 0.551. The van der Waals surface area contributed by atoms with Crippen LogP contribution in [0.1, 0.15) is 21.6 Å². The Balaban J connectivity index is 1.91. The molecule has 0 spiro atoms. The summed E-state index contributed by atoms with van der Waals surface area (Å²) in [5.41, 5.74) is 3.80. The second-order valence-electron chi connectivity index (χ2n) is 5.37. The van der Waals surface area contributed by atoms with E-state index in [9.17, 15) is 9.90 Å². The highest BCUT2D eigenvalue weighted by Gasteiger charge is 2.12. The van der Waals surface area contributed by atoms with Crippen molar-refractivity contribution >= 4 is 17.7 Å². The number of hydrogen-bond acceptors (Lipinski definition) is 4. The first kappa shape index (κ1) is 16.2. The summed E-state index contributed by atoms with van der Waals surface area (Å²) in [4.78, 5) is 20.0. The van der Waals surface area contributed by atoms with Gasteiger partial charge in [0.25, 0.3) is 0 Å². The van der Waals surface area contributed by atoms with E-state index in [1.54, 1.807) is 0 Å². The minimum Gasteiger partial charge on any atom is -0.477 e. The summed E-state index contributed by atoms with van der Waals surface area (Å²) in [6, 6.07) is 19.3. The van der Waals surface area contributed by atoms with Crippen molar-refractivity contribution in [2.75, 3.05) is 0 Å². The Morgan fingerprint density at radius 2 is 1.75 bits per heavy atom. The van der Waals surface area contributed by atoms with Crippen molar-refractivity contribution in [3.63, 3.8) is 0 Å². The summed E-state index contributed by atoms with van der Waals surface area (Å²) in [6.07, 6.45) is 0. The molecular formula is C19H16N2O2S. The molecule has 0 saturated carbocycles. The van der Waals surface area contributed by atoms with Gasteiger partial charge in [0.2, 0.25) is 0 Å². The van der Waals surface area contributed by atoms with Crippen molar-refractivity contribution in [2.45, 2.75) is 17.8 Å². The van der Waals surface area contributed by atoms with Gasteiger partial charge in [-0.25, -0.2) is 14.8 Å². The van der Waals surface area contributed by atoms with Crippen molar-refractivity contribution in [2.24, 2.45) is 0 Å². The van der Waals surface area contributed by atoms with E-state index in [-0.39, 0.29) is 5.69 Å². The van der Waals surface area contributed by atoms with Crippen LogP contribution in [-0.2, 0) is 5.75 Å². The van der Waals surface area contributed by atoms with E-state index >= 15 is 0 Å². The number of aromatic carboxylic acids is 1. The molecule has 2 aromatic carbocycles. The Labute approximate surface area is 144 Å². The number of thioether (sulfide) groups is 1. The number of aromatic nitrogens is 2. The lowest BCUT2D eigenvalue weighted by Gasteiger charge is -2.07. The molecule has 0 unspecified atom stereocenters. The second kappa shape index (κ2) is 7.27. The van der Waals surface area contributed by atoms with E-state index in [0.717, 1.165) is 16.7 Å². The van der Waals surface area contributed by atoms with Gasteiger partial charge in [0.05, 0.1) is 5.69 Å². The third-order valence-corrected chi connectivity index (χ3v) is 4.40. The Bertz CT molecular complexity index is 849. The first-order valence-electron chi connectivity index (χ1n) is 7.48. The summed E-state index contributed by atoms with van der Waals surface area (Å²) < 4.78 is 0. The smallest absolute Gasteiger partial charge is 0.354 e. The topological polar surface area (TPSA) is 63.1 Å². The number of hydrogen-bond donors (Lipinski definition) is 1. The fraction of sp³-hybridized carbons (Fsp3) is 0.105. The predicted octanol–water partition coefficient (Wildman–Crippen LogP) is 4.44. The van der Waals surface area contributed by atoms with Gasteiger partial charge in [-0.2, -0.15) is 0 Å². The standard InChI is InChI=1S/C19H16N2O2S/c1-13-7-9-15(10-8-13)16-11-17(18(22)23)21-19(20-16)24-12-14-5-3-2-4-6-14/h2-11H,12H2,1H3,(H,22,23). The van der Waals surface area contributed by atoms with E-state index < -0.39 is 5.97 Å². The van der Waals surface area contributed by atoms with Gasteiger partial charge in [-0.3, -0.25) is 0 Å². The van der Waals surface area contributed by atoms with Gasteiger partial charge in [0.1, 0.15) is 0 Å². The van der Waals surface area contributed by atoms with Crippen LogP contribution in [0.4, 0.5) is 0 Å². The van der Waals surface area contributed by atoms with Gasteiger partial charge in [-0.05, 0) is 18.6 Å². The molecule has 1 aromatic heterocycles. The summed E-state index contributed by atoms with van der Waals surface area (Å²) >= 11 is 1.43. The second-order valence-corrected chi connectivity index (χ2v) is 6.31. The summed E-state index contributed by atoms with van der Waals surface area (Å²) in [5.74, 6) is -0.357. The molecule has 0 aliphatic rings. The lowest BCUT2D eigenvalue weighted by atomic mass is 10.1. The largest absolute Gasteiger partial charge is 0.477 e. The van der Waals surface area contributed by atoms with Crippen LogP contribution in [0.5, 0.6) is 0 Å². The molecule has 0 amide bonds. The minimum absolute atomic E-state index is 0.0103. The van der Waals surface area contributed by atoms with E-state index in [0.29, 0.717) is 16.6 Å². The summed E-state index contributed by atoms with van der Waals surface area (Å²) in [5, 5.41) is 9.78. The average Bonchev–Trinajstić information content (AvgIpc) is 2.61. The normalized spacial score (nSPS) is 10.5. The Morgan fingerprint density at radius 3 is 2.42 bits per heavy atom. The lowest BCUT2D eigenvalue weighted by Crippen LogP contribution is -2.04. The molecule has 3 aromatic rings. The molecular weight excluding hydrogens is 320 g/mol. The summed E-state index contributed by atoms with van der Waals surface area (Å²) in [7, 11) is 0. The molecule has 3 rings (SSSR count). The van der Waals surface area contributed by atoms with Gasteiger partial charge in [-0.15, -0.1) is 0 Å². The highest BCUT2D eigenvalue weighted by Crippen LogP contribution is 2.24. The SMILES string of the molecule is Cc1ccc(-c2cc(C(=O)O)nc(SCc3ccccc3)n2)cc1. The zero-order chi connectivity index (χ0) is 16.9. The average molecular weight is 336 g/mol. The third kappa shape index (κ3) is 4.00. The third-order valence-electron chi connectivity index (χ3n) is 3.48. The van der Waals surface area contributed by atoms with Gasteiger partial charge in [0.15, 0.2) is 10.9 Å². The Morgan fingerprint density at radius 1 is 1.04 bits per heavy atom. The fourth-order valence-electron chi connectivity index (χ4n) is 2.19. The number of benzene rings is 2. The van der Waals surface area contributed by atoms with Gasteiger partial charge in [-0.1, -0.05) is 71.9 Å². The number of carboxylic acids is 1. The molecule has 24 heavy (non-hydrogen) atoms. The number of carboxylic acid groups (broad SMARTS) is 1. The van der Waals surface area contributed by atoms with Crippen LogP contribution >= 0.6 is 11.8 Å². The first-order valence-corrected chi connectivity index (χ1v) is 8.46. The zero-order valence-corrected chi connectivity index (χ0v) is 14.0. The number of rotatable bonds is 5. The van der Waals surface area contributed by atoms with Crippen molar-refractivity contribution in [1.29, 1.82) is 0 Å². The maximum atomic E-state index is 11.4. The van der Waals surface area contributed by atoms with Gasteiger partial charge >= 0.3 is 5.97 Å². The Kier molecular flexibility index (Phi) is 4.91. The van der Waals surface area contributed by atoms with Crippen LogP contribution in [0, 0.1) is 6.92 Å². The molecule has 0 bridgehead atoms. The Hall–Kier alpha value is -2.66. The van der Waals surface area contributed by atoms with E-state index in [2.05, 4.69) is 9.97 Å². The number of nitrogens with zero attached hydrogens (tertiary/aromatic N) is 2. The van der Waals surface area contributed by atoms with Gasteiger partial charge < -0.3 is 5.11 Å². The van der Waals surface area contributed by atoms with Crippen LogP contribution in [0.2, 0.25) is 0 Å². The fourth-order valence-corrected chi connectivity index (χ4v) is 3.01. The molecule has 120 valence electrons. The highest BCUT2D eigenvalue weighted by atomic mass is 32.2. The molecule has 0 radical (unpaired) electrons. The van der Waals surface area contributed by atoms with E-state index in [1.165, 1.54) is 17.8 Å². The number of aryl methyl sites for hydroxylation is 1. The maximum Gasteiger partial charge on any atom is 0.354 e.